The van der Waals surface area contributed by atoms with Gasteiger partial charge in [0.25, 0.3) is 0 Å². The Morgan fingerprint density at radius 2 is 2.28 bits per heavy atom. The number of sulfonamides is 1. The lowest BCUT2D eigenvalue weighted by molar-refractivity contribution is 0.390. The van der Waals surface area contributed by atoms with Crippen LogP contribution in [0, 0.1) is 0 Å². The molecule has 1 aromatic rings. The van der Waals surface area contributed by atoms with Gasteiger partial charge in [0, 0.05) is 13.6 Å². The van der Waals surface area contributed by atoms with Gasteiger partial charge in [-0.15, -0.1) is 0 Å². The van der Waals surface area contributed by atoms with E-state index in [2.05, 4.69) is 15.3 Å². The van der Waals surface area contributed by atoms with Crippen LogP contribution in [0.2, 0.25) is 0 Å². The van der Waals surface area contributed by atoms with Crippen molar-refractivity contribution in [3.8, 4) is 0 Å². The van der Waals surface area contributed by atoms with Crippen molar-refractivity contribution in [1.82, 2.24) is 14.3 Å². The molecule has 0 saturated carbocycles. The summed E-state index contributed by atoms with van der Waals surface area (Å²) in [7, 11) is -1.40. The number of nitrogens with zero attached hydrogens (tertiary/aromatic N) is 3. The molecule has 2 heterocycles. The van der Waals surface area contributed by atoms with Crippen LogP contribution in [0.25, 0.3) is 0 Å². The van der Waals surface area contributed by atoms with Gasteiger partial charge in [0.1, 0.15) is 5.82 Å². The molecular formula is C11H18N4O2S. The quantitative estimate of drug-likeness (QED) is 0.883. The molecule has 1 atom stereocenters. The predicted molar refractivity (Wildman–Crippen MR) is 69.7 cm³/mol. The Labute approximate surface area is 107 Å². The topological polar surface area (TPSA) is 75.2 Å². The van der Waals surface area contributed by atoms with E-state index in [0.717, 1.165) is 18.5 Å². The van der Waals surface area contributed by atoms with E-state index in [1.165, 1.54) is 0 Å². The van der Waals surface area contributed by atoms with Crippen molar-refractivity contribution in [3.05, 3.63) is 18.1 Å². The number of hydrogen-bond donors (Lipinski definition) is 1. The molecule has 2 rings (SSSR count). The molecule has 1 saturated heterocycles. The summed E-state index contributed by atoms with van der Waals surface area (Å²) in [6, 6.07) is -0.171. The lowest BCUT2D eigenvalue weighted by atomic mass is 10.2. The van der Waals surface area contributed by atoms with Crippen LogP contribution in [0.1, 0.15) is 31.5 Å². The molecule has 0 bridgehead atoms. The number of anilines is 1. The van der Waals surface area contributed by atoms with Gasteiger partial charge in [0.05, 0.1) is 29.9 Å². The number of aromatic nitrogens is 2. The van der Waals surface area contributed by atoms with Crippen LogP contribution in [-0.4, -0.2) is 42.0 Å². The minimum atomic E-state index is -3.17. The summed E-state index contributed by atoms with van der Waals surface area (Å²) in [5, 5.41) is 2.92. The van der Waals surface area contributed by atoms with E-state index in [9.17, 15) is 8.42 Å². The minimum Gasteiger partial charge on any atom is -0.372 e. The third kappa shape index (κ3) is 2.46. The summed E-state index contributed by atoms with van der Waals surface area (Å²) >= 11 is 0. The maximum absolute atomic E-state index is 12.0. The normalized spacial score (nSPS) is 21.1. The van der Waals surface area contributed by atoms with Crippen LogP contribution < -0.4 is 5.32 Å². The van der Waals surface area contributed by atoms with E-state index < -0.39 is 10.0 Å². The first-order valence-electron chi connectivity index (χ1n) is 6.07. The van der Waals surface area contributed by atoms with Crippen LogP contribution in [-0.2, 0) is 10.0 Å². The molecule has 7 heteroatoms. The van der Waals surface area contributed by atoms with Crippen LogP contribution in [0.15, 0.2) is 12.4 Å². The smallest absolute Gasteiger partial charge is 0.214 e. The SMILES string of the molecule is CCS(=O)(=O)N1CCC[C@H]1c1cncc(NC)n1. The Morgan fingerprint density at radius 3 is 2.94 bits per heavy atom. The first-order chi connectivity index (χ1) is 8.58. The first kappa shape index (κ1) is 13.2. The summed E-state index contributed by atoms with van der Waals surface area (Å²) < 4.78 is 25.6. The third-order valence-electron chi connectivity index (χ3n) is 3.18. The molecule has 1 aliphatic rings. The monoisotopic (exact) mass is 270 g/mol. The highest BCUT2D eigenvalue weighted by atomic mass is 32.2. The number of hydrogen-bond acceptors (Lipinski definition) is 5. The van der Waals surface area contributed by atoms with Gasteiger partial charge in [-0.3, -0.25) is 4.98 Å². The van der Waals surface area contributed by atoms with Crippen molar-refractivity contribution >= 4 is 15.8 Å². The van der Waals surface area contributed by atoms with Gasteiger partial charge >= 0.3 is 0 Å². The molecule has 0 aromatic carbocycles. The van der Waals surface area contributed by atoms with Crippen molar-refractivity contribution in [3.63, 3.8) is 0 Å². The molecule has 1 N–H and O–H groups in total. The van der Waals surface area contributed by atoms with Gasteiger partial charge in [0.15, 0.2) is 0 Å². The summed E-state index contributed by atoms with van der Waals surface area (Å²) in [4.78, 5) is 8.49. The lowest BCUT2D eigenvalue weighted by Crippen LogP contribution is -2.32. The average Bonchev–Trinajstić information content (AvgIpc) is 2.89. The van der Waals surface area contributed by atoms with Gasteiger partial charge in [0.2, 0.25) is 10.0 Å². The van der Waals surface area contributed by atoms with Crippen LogP contribution in [0.3, 0.4) is 0 Å². The van der Waals surface area contributed by atoms with E-state index in [1.807, 2.05) is 0 Å². The first-order valence-corrected chi connectivity index (χ1v) is 7.68. The molecule has 1 aliphatic heterocycles. The molecule has 0 radical (unpaired) electrons. The van der Waals surface area contributed by atoms with Crippen molar-refractivity contribution in [2.75, 3.05) is 24.7 Å². The van der Waals surface area contributed by atoms with E-state index >= 15 is 0 Å². The highest BCUT2D eigenvalue weighted by Gasteiger charge is 2.35. The molecule has 0 aliphatic carbocycles. The largest absolute Gasteiger partial charge is 0.372 e. The number of rotatable bonds is 4. The molecule has 18 heavy (non-hydrogen) atoms. The maximum Gasteiger partial charge on any atom is 0.214 e. The molecule has 0 spiro atoms. The molecular weight excluding hydrogens is 252 g/mol. The summed E-state index contributed by atoms with van der Waals surface area (Å²) in [6.07, 6.45) is 4.95. The van der Waals surface area contributed by atoms with E-state index in [-0.39, 0.29) is 11.8 Å². The zero-order valence-corrected chi connectivity index (χ0v) is 11.4. The van der Waals surface area contributed by atoms with E-state index in [4.69, 9.17) is 0 Å². The standard InChI is InChI=1S/C11H18N4O2S/c1-3-18(16,17)15-6-4-5-10(15)9-7-13-8-11(12-2)14-9/h7-8,10H,3-6H2,1-2H3,(H,12,14)/t10-/m0/s1. The second-order valence-corrected chi connectivity index (χ2v) is 6.46. The zero-order valence-electron chi connectivity index (χ0n) is 10.6. The molecule has 0 amide bonds. The van der Waals surface area contributed by atoms with Gasteiger partial charge < -0.3 is 5.32 Å². The Balaban J connectivity index is 2.31. The Bertz CT molecular complexity index is 518. The Kier molecular flexibility index (Phi) is 3.82. The van der Waals surface area contributed by atoms with Gasteiger partial charge in [-0.2, -0.15) is 4.31 Å². The molecule has 1 fully saturated rings. The molecule has 6 nitrogen and oxygen atoms in total. The van der Waals surface area contributed by atoms with Crippen molar-refractivity contribution in [2.24, 2.45) is 0 Å². The van der Waals surface area contributed by atoms with Crippen molar-refractivity contribution in [1.29, 1.82) is 0 Å². The number of nitrogens with one attached hydrogen (secondary N) is 1. The van der Waals surface area contributed by atoms with Crippen LogP contribution >= 0.6 is 0 Å². The van der Waals surface area contributed by atoms with Crippen LogP contribution in [0.5, 0.6) is 0 Å². The fourth-order valence-corrected chi connectivity index (χ4v) is 3.54. The maximum atomic E-state index is 12.0. The summed E-state index contributed by atoms with van der Waals surface area (Å²) in [5.41, 5.74) is 0.719. The second-order valence-electron chi connectivity index (χ2n) is 4.25. The third-order valence-corrected chi connectivity index (χ3v) is 5.06. The van der Waals surface area contributed by atoms with Gasteiger partial charge in [-0.05, 0) is 19.8 Å². The van der Waals surface area contributed by atoms with Crippen molar-refractivity contribution in [2.45, 2.75) is 25.8 Å². The zero-order chi connectivity index (χ0) is 13.2. The van der Waals surface area contributed by atoms with E-state index in [1.54, 1.807) is 30.7 Å². The second kappa shape index (κ2) is 5.19. The minimum absolute atomic E-state index is 0.128. The fraction of sp³-hybridized carbons (Fsp3) is 0.636. The highest BCUT2D eigenvalue weighted by Crippen LogP contribution is 2.33. The predicted octanol–water partition coefficient (Wildman–Crippen LogP) is 1.00. The van der Waals surface area contributed by atoms with Gasteiger partial charge in [-0.25, -0.2) is 13.4 Å². The highest BCUT2D eigenvalue weighted by molar-refractivity contribution is 7.89. The summed E-state index contributed by atoms with van der Waals surface area (Å²) in [5.74, 6) is 0.788. The van der Waals surface area contributed by atoms with Crippen molar-refractivity contribution < 1.29 is 8.42 Å². The summed E-state index contributed by atoms with van der Waals surface area (Å²) in [6.45, 7) is 2.24. The van der Waals surface area contributed by atoms with Gasteiger partial charge in [-0.1, -0.05) is 0 Å². The molecule has 1 aromatic heterocycles. The Hall–Kier alpha value is -1.21. The lowest BCUT2D eigenvalue weighted by Gasteiger charge is -2.22. The Morgan fingerprint density at radius 1 is 1.50 bits per heavy atom. The molecule has 100 valence electrons. The average molecular weight is 270 g/mol. The van der Waals surface area contributed by atoms with E-state index in [0.29, 0.717) is 12.4 Å². The van der Waals surface area contributed by atoms with Crippen LogP contribution in [0.4, 0.5) is 5.82 Å². The fourth-order valence-electron chi connectivity index (χ4n) is 2.20. The molecule has 0 unspecified atom stereocenters.